The first kappa shape index (κ1) is 14.6. The van der Waals surface area contributed by atoms with Crippen LogP contribution in [0.1, 0.15) is 12.5 Å². The molecule has 4 heteroatoms. The third-order valence-electron chi connectivity index (χ3n) is 2.59. The van der Waals surface area contributed by atoms with E-state index in [1.807, 2.05) is 37.3 Å². The maximum absolute atomic E-state index is 13.3. The second kappa shape index (κ2) is 6.55. The fourth-order valence-corrected chi connectivity index (χ4v) is 3.36. The molecule has 2 N–H and O–H groups in total. The summed E-state index contributed by atoms with van der Waals surface area (Å²) in [5.41, 5.74) is 6.78. The molecule has 0 spiro atoms. The first-order chi connectivity index (χ1) is 9.04. The molecule has 100 valence electrons. The average Bonchev–Trinajstić information content (AvgIpc) is 2.32. The number of rotatable bonds is 4. The van der Waals surface area contributed by atoms with Crippen LogP contribution in [0, 0.1) is 5.82 Å². The van der Waals surface area contributed by atoms with Crippen LogP contribution in [-0.4, -0.2) is 6.04 Å². The highest BCUT2D eigenvalue weighted by molar-refractivity contribution is 9.10. The summed E-state index contributed by atoms with van der Waals surface area (Å²) in [6.45, 7) is 1.93. The summed E-state index contributed by atoms with van der Waals surface area (Å²) in [7, 11) is 0. The van der Waals surface area contributed by atoms with Crippen LogP contribution in [0.2, 0.25) is 0 Å². The van der Waals surface area contributed by atoms with Gasteiger partial charge in [0.2, 0.25) is 0 Å². The first-order valence-corrected chi connectivity index (χ1v) is 7.63. The summed E-state index contributed by atoms with van der Waals surface area (Å²) in [5.74, 6) is -0.214. The van der Waals surface area contributed by atoms with Gasteiger partial charge in [0.1, 0.15) is 5.82 Å². The first-order valence-electron chi connectivity index (χ1n) is 6.02. The molecule has 0 saturated heterocycles. The molecule has 2 aromatic carbocycles. The molecule has 0 aliphatic heterocycles. The zero-order valence-electron chi connectivity index (χ0n) is 10.6. The van der Waals surface area contributed by atoms with Crippen molar-refractivity contribution in [2.75, 3.05) is 0 Å². The number of nitrogens with two attached hydrogens (primary N) is 1. The van der Waals surface area contributed by atoms with E-state index in [1.54, 1.807) is 17.8 Å². The monoisotopic (exact) mass is 339 g/mol. The minimum absolute atomic E-state index is 0.0173. The van der Waals surface area contributed by atoms with Crippen molar-refractivity contribution in [1.29, 1.82) is 0 Å². The van der Waals surface area contributed by atoms with Gasteiger partial charge >= 0.3 is 0 Å². The van der Waals surface area contributed by atoms with Crippen LogP contribution in [0.25, 0.3) is 0 Å². The van der Waals surface area contributed by atoms with Crippen molar-refractivity contribution in [3.05, 3.63) is 58.3 Å². The lowest BCUT2D eigenvalue weighted by atomic mass is 10.1. The average molecular weight is 340 g/mol. The van der Waals surface area contributed by atoms with Crippen LogP contribution < -0.4 is 5.73 Å². The molecule has 1 unspecified atom stereocenters. The highest BCUT2D eigenvalue weighted by atomic mass is 79.9. The Labute approximate surface area is 125 Å². The number of hydrogen-bond donors (Lipinski definition) is 1. The largest absolute Gasteiger partial charge is 0.328 e. The van der Waals surface area contributed by atoms with Crippen molar-refractivity contribution in [2.24, 2.45) is 5.73 Å². The van der Waals surface area contributed by atoms with Gasteiger partial charge in [0.15, 0.2) is 0 Å². The predicted molar refractivity (Wildman–Crippen MR) is 82.0 cm³/mol. The van der Waals surface area contributed by atoms with E-state index in [0.717, 1.165) is 19.8 Å². The summed E-state index contributed by atoms with van der Waals surface area (Å²) in [5, 5.41) is 0. The molecule has 0 heterocycles. The number of benzene rings is 2. The maximum Gasteiger partial charge on any atom is 0.123 e. The van der Waals surface area contributed by atoms with Gasteiger partial charge < -0.3 is 5.73 Å². The molecular formula is C15H15BrFNS. The lowest BCUT2D eigenvalue weighted by Gasteiger charge is -2.11. The van der Waals surface area contributed by atoms with Crippen LogP contribution in [0.5, 0.6) is 0 Å². The van der Waals surface area contributed by atoms with Crippen molar-refractivity contribution < 1.29 is 4.39 Å². The van der Waals surface area contributed by atoms with Gasteiger partial charge in [-0.05, 0) is 55.3 Å². The van der Waals surface area contributed by atoms with E-state index >= 15 is 0 Å². The Balaban J connectivity index is 2.28. The Kier molecular flexibility index (Phi) is 5.02. The minimum atomic E-state index is -0.214. The molecule has 1 nitrogen and oxygen atoms in total. The van der Waals surface area contributed by atoms with Crippen molar-refractivity contribution in [3.63, 3.8) is 0 Å². The zero-order valence-corrected chi connectivity index (χ0v) is 13.0. The molecule has 0 fully saturated rings. The van der Waals surface area contributed by atoms with Gasteiger partial charge in [-0.1, -0.05) is 33.8 Å². The van der Waals surface area contributed by atoms with E-state index in [2.05, 4.69) is 15.9 Å². The van der Waals surface area contributed by atoms with Crippen molar-refractivity contribution in [1.82, 2.24) is 0 Å². The number of hydrogen-bond acceptors (Lipinski definition) is 2. The summed E-state index contributed by atoms with van der Waals surface area (Å²) in [6, 6.07) is 13.0. The van der Waals surface area contributed by atoms with Gasteiger partial charge in [0.05, 0.1) is 0 Å². The van der Waals surface area contributed by atoms with E-state index in [1.165, 1.54) is 6.07 Å². The quantitative estimate of drug-likeness (QED) is 0.878. The van der Waals surface area contributed by atoms with Gasteiger partial charge in [0.25, 0.3) is 0 Å². The van der Waals surface area contributed by atoms with Gasteiger partial charge in [-0.2, -0.15) is 0 Å². The van der Waals surface area contributed by atoms with E-state index < -0.39 is 0 Å². The topological polar surface area (TPSA) is 26.0 Å². The summed E-state index contributed by atoms with van der Waals surface area (Å²) >= 11 is 5.08. The van der Waals surface area contributed by atoms with Crippen LogP contribution in [0.4, 0.5) is 4.39 Å². The SMILES string of the molecule is CC(N)Cc1cc(F)ccc1Sc1cccc(Br)c1. The van der Waals surface area contributed by atoms with Crippen molar-refractivity contribution >= 4 is 27.7 Å². The van der Waals surface area contributed by atoms with Crippen molar-refractivity contribution in [2.45, 2.75) is 29.2 Å². The lowest BCUT2D eigenvalue weighted by molar-refractivity contribution is 0.620. The summed E-state index contributed by atoms with van der Waals surface area (Å²) in [4.78, 5) is 2.17. The van der Waals surface area contributed by atoms with Crippen LogP contribution in [0.3, 0.4) is 0 Å². The second-order valence-corrected chi connectivity index (χ2v) is 6.52. The van der Waals surface area contributed by atoms with E-state index in [9.17, 15) is 4.39 Å². The minimum Gasteiger partial charge on any atom is -0.328 e. The zero-order chi connectivity index (χ0) is 13.8. The molecule has 2 rings (SSSR count). The van der Waals surface area contributed by atoms with Gasteiger partial charge in [-0.3, -0.25) is 0 Å². The predicted octanol–water partition coefficient (Wildman–Crippen LogP) is 4.63. The third kappa shape index (κ3) is 4.34. The Morgan fingerprint density at radius 2 is 2.05 bits per heavy atom. The van der Waals surface area contributed by atoms with Crippen LogP contribution in [0.15, 0.2) is 56.7 Å². The second-order valence-electron chi connectivity index (χ2n) is 4.49. The molecule has 0 saturated carbocycles. The Morgan fingerprint density at radius 1 is 1.26 bits per heavy atom. The van der Waals surface area contributed by atoms with Crippen molar-refractivity contribution in [3.8, 4) is 0 Å². The molecule has 0 aliphatic carbocycles. The highest BCUT2D eigenvalue weighted by Crippen LogP contribution is 2.32. The molecular weight excluding hydrogens is 325 g/mol. The third-order valence-corrected chi connectivity index (χ3v) is 4.19. The molecule has 1 atom stereocenters. The fourth-order valence-electron chi connectivity index (χ4n) is 1.81. The molecule has 0 aliphatic rings. The molecule has 19 heavy (non-hydrogen) atoms. The van der Waals surface area contributed by atoms with Gasteiger partial charge in [-0.25, -0.2) is 4.39 Å². The number of halogens is 2. The normalized spacial score (nSPS) is 12.4. The maximum atomic E-state index is 13.3. The van der Waals surface area contributed by atoms with Gasteiger partial charge in [0, 0.05) is 20.3 Å². The fraction of sp³-hybridized carbons (Fsp3) is 0.200. The van der Waals surface area contributed by atoms with E-state index in [0.29, 0.717) is 6.42 Å². The molecule has 2 aromatic rings. The van der Waals surface area contributed by atoms with Crippen LogP contribution >= 0.6 is 27.7 Å². The molecule has 0 radical (unpaired) electrons. The van der Waals surface area contributed by atoms with Gasteiger partial charge in [-0.15, -0.1) is 0 Å². The molecule has 0 aromatic heterocycles. The van der Waals surface area contributed by atoms with E-state index in [-0.39, 0.29) is 11.9 Å². The Bertz CT molecular complexity index is 572. The lowest BCUT2D eigenvalue weighted by Crippen LogP contribution is -2.18. The smallest absolute Gasteiger partial charge is 0.123 e. The van der Waals surface area contributed by atoms with E-state index in [4.69, 9.17) is 5.73 Å². The molecule has 0 amide bonds. The summed E-state index contributed by atoms with van der Waals surface area (Å²) < 4.78 is 14.4. The summed E-state index contributed by atoms with van der Waals surface area (Å²) in [6.07, 6.45) is 0.675. The molecule has 0 bridgehead atoms. The Morgan fingerprint density at radius 3 is 2.74 bits per heavy atom. The highest BCUT2D eigenvalue weighted by Gasteiger charge is 2.08. The Hall–Kier alpha value is -0.840. The van der Waals surface area contributed by atoms with Crippen LogP contribution in [-0.2, 0) is 6.42 Å². The standard InChI is InChI=1S/C15H15BrFNS/c1-10(18)7-11-8-13(17)5-6-15(11)19-14-4-2-3-12(16)9-14/h2-6,8-10H,7,18H2,1H3.